The molecular formula is C10H12ClN3S. The number of nitrogens with zero attached hydrogens (tertiary/aromatic N) is 2. The van der Waals surface area contributed by atoms with E-state index in [1.54, 1.807) is 11.3 Å². The molecule has 80 valence electrons. The van der Waals surface area contributed by atoms with Crippen molar-refractivity contribution in [2.24, 2.45) is 0 Å². The van der Waals surface area contributed by atoms with Gasteiger partial charge in [0.2, 0.25) is 5.95 Å². The van der Waals surface area contributed by atoms with Crippen molar-refractivity contribution in [1.29, 1.82) is 0 Å². The number of rotatable bonds is 4. The average molecular weight is 242 g/mol. The van der Waals surface area contributed by atoms with Crippen LogP contribution in [0.3, 0.4) is 0 Å². The maximum Gasteiger partial charge on any atom is 0.225 e. The predicted molar refractivity (Wildman–Crippen MR) is 65.8 cm³/mol. The molecule has 0 fully saturated rings. The van der Waals surface area contributed by atoms with E-state index in [2.05, 4.69) is 22.2 Å². The molecule has 0 amide bonds. The van der Waals surface area contributed by atoms with Crippen LogP contribution >= 0.6 is 22.9 Å². The molecule has 2 rings (SSSR count). The first-order valence-corrected chi connectivity index (χ1v) is 6.21. The molecule has 0 atom stereocenters. The Bertz CT molecular complexity index is 455. The molecule has 0 unspecified atom stereocenters. The highest BCUT2D eigenvalue weighted by Crippen LogP contribution is 2.25. The van der Waals surface area contributed by atoms with Gasteiger partial charge in [0.05, 0.1) is 0 Å². The van der Waals surface area contributed by atoms with Crippen LogP contribution in [0.2, 0.25) is 5.15 Å². The van der Waals surface area contributed by atoms with Crippen LogP contribution in [0.15, 0.2) is 11.4 Å². The summed E-state index contributed by atoms with van der Waals surface area (Å²) in [5.74, 6) is 0.628. The number of nitrogens with one attached hydrogen (secondary N) is 1. The average Bonchev–Trinajstić information content (AvgIpc) is 2.66. The van der Waals surface area contributed by atoms with Crippen LogP contribution in [-0.4, -0.2) is 16.5 Å². The number of aromatic nitrogens is 2. The molecule has 0 spiro atoms. The van der Waals surface area contributed by atoms with Crippen molar-refractivity contribution in [3.05, 3.63) is 16.6 Å². The van der Waals surface area contributed by atoms with Gasteiger partial charge in [-0.15, -0.1) is 11.3 Å². The highest BCUT2D eigenvalue weighted by atomic mass is 35.5. The van der Waals surface area contributed by atoms with Crippen molar-refractivity contribution in [1.82, 2.24) is 9.97 Å². The molecule has 0 bridgehead atoms. The fourth-order valence-electron chi connectivity index (χ4n) is 1.28. The second kappa shape index (κ2) is 4.77. The molecular weight excluding hydrogens is 230 g/mol. The SMILES string of the molecule is CCCCNc1nc(Cl)c2ccsc2n1. The summed E-state index contributed by atoms with van der Waals surface area (Å²) in [5, 5.41) is 6.60. The van der Waals surface area contributed by atoms with E-state index in [4.69, 9.17) is 11.6 Å². The Kier molecular flexibility index (Phi) is 3.38. The first-order chi connectivity index (χ1) is 7.31. The molecule has 0 aliphatic rings. The van der Waals surface area contributed by atoms with Crippen molar-refractivity contribution in [2.75, 3.05) is 11.9 Å². The van der Waals surface area contributed by atoms with Crippen LogP contribution in [-0.2, 0) is 0 Å². The van der Waals surface area contributed by atoms with Gasteiger partial charge in [0, 0.05) is 11.9 Å². The zero-order valence-corrected chi connectivity index (χ0v) is 10.0. The summed E-state index contributed by atoms with van der Waals surface area (Å²) in [6.45, 7) is 3.04. The molecule has 2 heterocycles. The van der Waals surface area contributed by atoms with Crippen LogP contribution in [0.4, 0.5) is 5.95 Å². The van der Waals surface area contributed by atoms with Gasteiger partial charge in [0.25, 0.3) is 0 Å². The lowest BCUT2D eigenvalue weighted by molar-refractivity contribution is 0.827. The second-order valence-electron chi connectivity index (χ2n) is 3.26. The highest BCUT2D eigenvalue weighted by molar-refractivity contribution is 7.16. The van der Waals surface area contributed by atoms with Crippen LogP contribution in [0.25, 0.3) is 10.2 Å². The Labute approximate surface area is 97.5 Å². The van der Waals surface area contributed by atoms with Gasteiger partial charge in [0.1, 0.15) is 9.98 Å². The number of unbranched alkanes of at least 4 members (excludes halogenated alkanes) is 1. The molecule has 0 aromatic carbocycles. The van der Waals surface area contributed by atoms with Gasteiger partial charge in [0.15, 0.2) is 0 Å². The Morgan fingerprint density at radius 1 is 1.47 bits per heavy atom. The van der Waals surface area contributed by atoms with E-state index in [1.165, 1.54) is 0 Å². The zero-order chi connectivity index (χ0) is 10.7. The number of fused-ring (bicyclic) bond motifs is 1. The minimum atomic E-state index is 0.528. The molecule has 1 N–H and O–H groups in total. The normalized spacial score (nSPS) is 10.8. The number of hydrogen-bond donors (Lipinski definition) is 1. The molecule has 0 aliphatic heterocycles. The summed E-state index contributed by atoms with van der Waals surface area (Å²) < 4.78 is 0. The number of halogens is 1. The summed E-state index contributed by atoms with van der Waals surface area (Å²) in [6.07, 6.45) is 2.27. The summed E-state index contributed by atoms with van der Waals surface area (Å²) >= 11 is 7.61. The smallest absolute Gasteiger partial charge is 0.225 e. The van der Waals surface area contributed by atoms with Gasteiger partial charge >= 0.3 is 0 Å². The number of thiophene rings is 1. The van der Waals surface area contributed by atoms with Gasteiger partial charge in [-0.3, -0.25) is 0 Å². The van der Waals surface area contributed by atoms with Crippen LogP contribution in [0.5, 0.6) is 0 Å². The third-order valence-electron chi connectivity index (χ3n) is 2.09. The molecule has 3 nitrogen and oxygen atoms in total. The largest absolute Gasteiger partial charge is 0.354 e. The molecule has 2 aromatic heterocycles. The van der Waals surface area contributed by atoms with Gasteiger partial charge in [-0.1, -0.05) is 24.9 Å². The Hall–Kier alpha value is -0.870. The Morgan fingerprint density at radius 3 is 3.13 bits per heavy atom. The van der Waals surface area contributed by atoms with Crippen molar-refractivity contribution in [3.63, 3.8) is 0 Å². The third kappa shape index (κ3) is 2.38. The summed E-state index contributed by atoms with van der Waals surface area (Å²) in [6, 6.07) is 1.94. The molecule has 0 radical (unpaired) electrons. The lowest BCUT2D eigenvalue weighted by atomic mass is 10.3. The van der Waals surface area contributed by atoms with Gasteiger partial charge in [-0.05, 0) is 17.9 Å². The first kappa shape index (κ1) is 10.6. The van der Waals surface area contributed by atoms with E-state index in [9.17, 15) is 0 Å². The Balaban J connectivity index is 2.21. The molecule has 0 aliphatic carbocycles. The van der Waals surface area contributed by atoms with Crippen molar-refractivity contribution in [3.8, 4) is 0 Å². The molecule has 0 saturated heterocycles. The number of anilines is 1. The zero-order valence-electron chi connectivity index (χ0n) is 8.46. The maximum absolute atomic E-state index is 6.03. The van der Waals surface area contributed by atoms with E-state index in [0.29, 0.717) is 11.1 Å². The molecule has 15 heavy (non-hydrogen) atoms. The predicted octanol–water partition coefficient (Wildman–Crippen LogP) is 3.56. The minimum absolute atomic E-state index is 0.528. The topological polar surface area (TPSA) is 37.8 Å². The van der Waals surface area contributed by atoms with E-state index in [0.717, 1.165) is 29.6 Å². The lowest BCUT2D eigenvalue weighted by Gasteiger charge is -2.03. The molecule has 2 aromatic rings. The van der Waals surface area contributed by atoms with E-state index in [1.807, 2.05) is 11.4 Å². The number of hydrogen-bond acceptors (Lipinski definition) is 4. The van der Waals surface area contributed by atoms with Crippen molar-refractivity contribution in [2.45, 2.75) is 19.8 Å². The standard InChI is InChI=1S/C10H12ClN3S/c1-2-3-5-12-10-13-8(11)7-4-6-15-9(7)14-10/h4,6H,2-3,5H2,1H3,(H,12,13,14). The van der Waals surface area contributed by atoms with E-state index < -0.39 is 0 Å². The van der Waals surface area contributed by atoms with Crippen LogP contribution in [0.1, 0.15) is 19.8 Å². The van der Waals surface area contributed by atoms with E-state index >= 15 is 0 Å². The second-order valence-corrected chi connectivity index (χ2v) is 4.51. The van der Waals surface area contributed by atoms with Gasteiger partial charge in [-0.25, -0.2) is 9.97 Å². The first-order valence-electron chi connectivity index (χ1n) is 4.96. The monoisotopic (exact) mass is 241 g/mol. The lowest BCUT2D eigenvalue weighted by Crippen LogP contribution is -2.04. The highest BCUT2D eigenvalue weighted by Gasteiger charge is 2.05. The van der Waals surface area contributed by atoms with Gasteiger partial charge < -0.3 is 5.32 Å². The maximum atomic E-state index is 6.03. The quantitative estimate of drug-likeness (QED) is 0.657. The fraction of sp³-hybridized carbons (Fsp3) is 0.400. The van der Waals surface area contributed by atoms with Crippen LogP contribution in [0, 0.1) is 0 Å². The molecule has 5 heteroatoms. The molecule has 0 saturated carbocycles. The van der Waals surface area contributed by atoms with Crippen molar-refractivity contribution >= 4 is 39.1 Å². The van der Waals surface area contributed by atoms with Crippen LogP contribution < -0.4 is 5.32 Å². The van der Waals surface area contributed by atoms with Crippen molar-refractivity contribution < 1.29 is 0 Å². The summed E-state index contributed by atoms with van der Waals surface area (Å²) in [4.78, 5) is 9.51. The fourth-order valence-corrected chi connectivity index (χ4v) is 2.33. The minimum Gasteiger partial charge on any atom is -0.354 e. The summed E-state index contributed by atoms with van der Waals surface area (Å²) in [7, 11) is 0. The Morgan fingerprint density at radius 2 is 2.33 bits per heavy atom. The third-order valence-corrected chi connectivity index (χ3v) is 3.19. The summed E-state index contributed by atoms with van der Waals surface area (Å²) in [5.41, 5.74) is 0. The van der Waals surface area contributed by atoms with E-state index in [-0.39, 0.29) is 0 Å². The van der Waals surface area contributed by atoms with Gasteiger partial charge in [-0.2, -0.15) is 0 Å².